The molecule has 2 heterocycles. The molecule has 102 valence electrons. The van der Waals surface area contributed by atoms with E-state index < -0.39 is 11.9 Å². The highest BCUT2D eigenvalue weighted by atomic mass is 35.5. The summed E-state index contributed by atoms with van der Waals surface area (Å²) in [4.78, 5) is 0. The van der Waals surface area contributed by atoms with Gasteiger partial charge in [0.2, 0.25) is 5.69 Å². The van der Waals surface area contributed by atoms with Crippen LogP contribution >= 0.6 is 11.6 Å². The first-order valence-electron chi connectivity index (χ1n) is 5.56. The standard InChI is InChI=1S/C10H13ClF3N3O/c1-17-9(11)7(8(16-17)10(12,13)14)18-6-3-2-4-15-5-6/h6,15H,2-5H2,1H3. The predicted molar refractivity (Wildman–Crippen MR) is 59.7 cm³/mol. The van der Waals surface area contributed by atoms with Gasteiger partial charge in [0, 0.05) is 13.6 Å². The van der Waals surface area contributed by atoms with E-state index in [4.69, 9.17) is 16.3 Å². The molecular formula is C10H13ClF3N3O. The van der Waals surface area contributed by atoms with E-state index in [0.717, 1.165) is 17.6 Å². The van der Waals surface area contributed by atoms with Crippen LogP contribution in [-0.2, 0) is 13.2 Å². The minimum absolute atomic E-state index is 0.132. The lowest BCUT2D eigenvalue weighted by Crippen LogP contribution is -2.37. The Hall–Kier alpha value is -0.950. The lowest BCUT2D eigenvalue weighted by molar-refractivity contribution is -0.143. The maximum absolute atomic E-state index is 12.8. The molecule has 0 bridgehead atoms. The van der Waals surface area contributed by atoms with E-state index in [1.54, 1.807) is 0 Å². The maximum atomic E-state index is 12.8. The van der Waals surface area contributed by atoms with Crippen LogP contribution < -0.4 is 10.1 Å². The Kier molecular flexibility index (Phi) is 3.72. The summed E-state index contributed by atoms with van der Waals surface area (Å²) in [5.41, 5.74) is -1.07. The number of piperidine rings is 1. The van der Waals surface area contributed by atoms with Crippen molar-refractivity contribution < 1.29 is 17.9 Å². The Morgan fingerprint density at radius 2 is 2.22 bits per heavy atom. The van der Waals surface area contributed by atoms with Crippen molar-refractivity contribution in [3.8, 4) is 5.75 Å². The number of alkyl halides is 3. The number of ether oxygens (including phenoxy) is 1. The van der Waals surface area contributed by atoms with Gasteiger partial charge >= 0.3 is 6.18 Å². The van der Waals surface area contributed by atoms with Crippen molar-refractivity contribution in [3.05, 3.63) is 10.8 Å². The summed E-state index contributed by atoms with van der Waals surface area (Å²) in [7, 11) is 1.35. The van der Waals surface area contributed by atoms with Crippen LogP contribution in [0.3, 0.4) is 0 Å². The molecule has 0 aromatic carbocycles. The minimum atomic E-state index is -4.57. The zero-order valence-electron chi connectivity index (χ0n) is 9.72. The van der Waals surface area contributed by atoms with Crippen LogP contribution in [0, 0.1) is 0 Å². The Balaban J connectivity index is 2.25. The second-order valence-electron chi connectivity index (χ2n) is 4.18. The molecule has 1 aromatic rings. The first-order chi connectivity index (χ1) is 8.39. The summed E-state index contributed by atoms with van der Waals surface area (Å²) >= 11 is 5.79. The lowest BCUT2D eigenvalue weighted by atomic mass is 10.1. The summed E-state index contributed by atoms with van der Waals surface area (Å²) in [6.45, 7) is 1.37. The van der Waals surface area contributed by atoms with Gasteiger partial charge in [-0.05, 0) is 19.4 Å². The van der Waals surface area contributed by atoms with Crippen molar-refractivity contribution in [3.63, 3.8) is 0 Å². The highest BCUT2D eigenvalue weighted by Crippen LogP contribution is 2.40. The third-order valence-corrected chi connectivity index (χ3v) is 3.16. The van der Waals surface area contributed by atoms with Gasteiger partial charge < -0.3 is 10.1 Å². The molecule has 18 heavy (non-hydrogen) atoms. The molecule has 4 nitrogen and oxygen atoms in total. The number of hydrogen-bond donors (Lipinski definition) is 1. The predicted octanol–water partition coefficient (Wildman–Crippen LogP) is 2.22. The molecule has 1 fully saturated rings. The molecule has 2 rings (SSSR count). The van der Waals surface area contributed by atoms with Crippen LogP contribution in [0.4, 0.5) is 13.2 Å². The Bertz CT molecular complexity index is 427. The van der Waals surface area contributed by atoms with Crippen LogP contribution in [0.5, 0.6) is 5.75 Å². The lowest BCUT2D eigenvalue weighted by Gasteiger charge is -2.24. The number of aryl methyl sites for hydroxylation is 1. The Morgan fingerprint density at radius 1 is 1.50 bits per heavy atom. The Labute approximate surface area is 107 Å². The average molecular weight is 284 g/mol. The molecule has 0 spiro atoms. The summed E-state index contributed by atoms with van der Waals surface area (Å²) < 4.78 is 44.6. The van der Waals surface area contributed by atoms with Crippen molar-refractivity contribution in [1.82, 2.24) is 15.1 Å². The number of aromatic nitrogens is 2. The van der Waals surface area contributed by atoms with Crippen LogP contribution in [0.15, 0.2) is 0 Å². The molecular weight excluding hydrogens is 271 g/mol. The fraction of sp³-hybridized carbons (Fsp3) is 0.700. The van der Waals surface area contributed by atoms with Gasteiger partial charge in [0.15, 0.2) is 10.9 Å². The number of hydrogen-bond acceptors (Lipinski definition) is 3. The second-order valence-corrected chi connectivity index (χ2v) is 4.53. The molecule has 1 aliphatic heterocycles. The summed E-state index contributed by atoms with van der Waals surface area (Å²) in [6, 6.07) is 0. The molecule has 0 aliphatic carbocycles. The quantitative estimate of drug-likeness (QED) is 0.905. The van der Waals surface area contributed by atoms with E-state index >= 15 is 0 Å². The van der Waals surface area contributed by atoms with Crippen LogP contribution in [0.2, 0.25) is 5.15 Å². The molecule has 1 aliphatic rings. The molecule has 0 saturated carbocycles. The zero-order valence-corrected chi connectivity index (χ0v) is 10.5. The number of nitrogens with zero attached hydrogens (tertiary/aromatic N) is 2. The first kappa shape index (κ1) is 13.5. The molecule has 1 saturated heterocycles. The topological polar surface area (TPSA) is 39.1 Å². The molecule has 1 N–H and O–H groups in total. The monoisotopic (exact) mass is 283 g/mol. The van der Waals surface area contributed by atoms with Gasteiger partial charge in [0.25, 0.3) is 0 Å². The van der Waals surface area contributed by atoms with Crippen molar-refractivity contribution >= 4 is 11.6 Å². The van der Waals surface area contributed by atoms with Crippen molar-refractivity contribution in [2.75, 3.05) is 13.1 Å². The van der Waals surface area contributed by atoms with Crippen LogP contribution in [0.25, 0.3) is 0 Å². The number of rotatable bonds is 2. The van der Waals surface area contributed by atoms with E-state index in [2.05, 4.69) is 10.4 Å². The van der Waals surface area contributed by atoms with Crippen molar-refractivity contribution in [2.45, 2.75) is 25.1 Å². The van der Waals surface area contributed by atoms with E-state index in [0.29, 0.717) is 13.0 Å². The highest BCUT2D eigenvalue weighted by molar-refractivity contribution is 6.31. The number of halogens is 4. The second kappa shape index (κ2) is 4.97. The maximum Gasteiger partial charge on any atom is 0.438 e. The first-order valence-corrected chi connectivity index (χ1v) is 5.94. The summed E-state index contributed by atoms with van der Waals surface area (Å²) in [6.07, 6.45) is -3.30. The minimum Gasteiger partial charge on any atom is -0.484 e. The van der Waals surface area contributed by atoms with E-state index in [1.807, 2.05) is 0 Å². The SMILES string of the molecule is Cn1nc(C(F)(F)F)c(OC2CCCNC2)c1Cl. The molecule has 1 aromatic heterocycles. The molecule has 1 atom stereocenters. The number of nitrogens with one attached hydrogen (secondary N) is 1. The largest absolute Gasteiger partial charge is 0.484 e. The Morgan fingerprint density at radius 3 is 2.78 bits per heavy atom. The van der Waals surface area contributed by atoms with Crippen LogP contribution in [0.1, 0.15) is 18.5 Å². The summed E-state index contributed by atoms with van der Waals surface area (Å²) in [5.74, 6) is -0.375. The van der Waals surface area contributed by atoms with Crippen molar-refractivity contribution in [1.29, 1.82) is 0 Å². The molecule has 0 amide bonds. The smallest absolute Gasteiger partial charge is 0.438 e. The fourth-order valence-corrected chi connectivity index (χ4v) is 2.03. The van der Waals surface area contributed by atoms with E-state index in [-0.39, 0.29) is 17.0 Å². The third-order valence-electron chi connectivity index (χ3n) is 2.74. The zero-order chi connectivity index (χ0) is 13.3. The van der Waals surface area contributed by atoms with Gasteiger partial charge in [-0.25, -0.2) is 0 Å². The van der Waals surface area contributed by atoms with Crippen LogP contribution in [-0.4, -0.2) is 29.0 Å². The molecule has 8 heteroatoms. The van der Waals surface area contributed by atoms with Gasteiger partial charge in [-0.3, -0.25) is 4.68 Å². The third kappa shape index (κ3) is 2.72. The van der Waals surface area contributed by atoms with Gasteiger partial charge in [-0.2, -0.15) is 18.3 Å². The van der Waals surface area contributed by atoms with Gasteiger partial charge in [-0.15, -0.1) is 0 Å². The van der Waals surface area contributed by atoms with E-state index in [1.165, 1.54) is 7.05 Å². The summed E-state index contributed by atoms with van der Waals surface area (Å²) in [5, 5.41) is 6.29. The molecule has 0 radical (unpaired) electrons. The van der Waals surface area contributed by atoms with Crippen molar-refractivity contribution in [2.24, 2.45) is 7.05 Å². The molecule has 1 unspecified atom stereocenters. The van der Waals surface area contributed by atoms with Gasteiger partial charge in [0.1, 0.15) is 6.10 Å². The van der Waals surface area contributed by atoms with E-state index in [9.17, 15) is 13.2 Å². The normalized spacial score (nSPS) is 21.1. The van der Waals surface area contributed by atoms with Gasteiger partial charge in [-0.1, -0.05) is 11.6 Å². The highest BCUT2D eigenvalue weighted by Gasteiger charge is 2.40. The average Bonchev–Trinajstić information content (AvgIpc) is 2.58. The van der Waals surface area contributed by atoms with Gasteiger partial charge in [0.05, 0.1) is 0 Å². The fourth-order valence-electron chi connectivity index (χ4n) is 1.86.